The van der Waals surface area contributed by atoms with Crippen LogP contribution < -0.4 is 5.32 Å². The van der Waals surface area contributed by atoms with Crippen molar-refractivity contribution in [3.8, 4) is 0 Å². The Morgan fingerprint density at radius 2 is 1.92 bits per heavy atom. The lowest BCUT2D eigenvalue weighted by molar-refractivity contribution is -0.157. The lowest BCUT2D eigenvalue weighted by Crippen LogP contribution is -2.47. The number of benzene rings is 1. The van der Waals surface area contributed by atoms with Crippen LogP contribution in [-0.4, -0.2) is 47.3 Å². The third-order valence-corrected chi connectivity index (χ3v) is 4.80. The highest BCUT2D eigenvalue weighted by Crippen LogP contribution is 2.20. The van der Waals surface area contributed by atoms with E-state index in [1.54, 1.807) is 24.3 Å². The first-order valence-corrected chi connectivity index (χ1v) is 8.88. The van der Waals surface area contributed by atoms with E-state index < -0.39 is 30.4 Å². The fourth-order valence-electron chi connectivity index (χ4n) is 3.37. The molecule has 0 bridgehead atoms. The maximum absolute atomic E-state index is 12.4. The summed E-state index contributed by atoms with van der Waals surface area (Å²) in [5, 5.41) is 2.85. The summed E-state index contributed by atoms with van der Waals surface area (Å²) in [5.41, 5.74) is 1.06. The Hall–Kier alpha value is -2.70. The summed E-state index contributed by atoms with van der Waals surface area (Å²) in [6.45, 7) is 0.990. The van der Waals surface area contributed by atoms with Crippen molar-refractivity contribution in [2.45, 2.75) is 51.2 Å². The van der Waals surface area contributed by atoms with Crippen molar-refractivity contribution in [2.24, 2.45) is 0 Å². The SMILES string of the molecule is C[C@H](OC(=O)CN1C(=O)Cc2ccccc2C1=O)C(=O)NC1CCCC1. The Balaban J connectivity index is 1.56. The second kappa shape index (κ2) is 7.68. The Morgan fingerprint density at radius 1 is 1.23 bits per heavy atom. The van der Waals surface area contributed by atoms with Gasteiger partial charge < -0.3 is 10.1 Å². The Morgan fingerprint density at radius 3 is 2.65 bits per heavy atom. The molecule has 1 heterocycles. The molecule has 1 aromatic rings. The highest BCUT2D eigenvalue weighted by atomic mass is 16.5. The quantitative estimate of drug-likeness (QED) is 0.631. The van der Waals surface area contributed by atoms with E-state index >= 15 is 0 Å². The van der Waals surface area contributed by atoms with Gasteiger partial charge in [-0.1, -0.05) is 31.0 Å². The molecule has 1 saturated carbocycles. The minimum Gasteiger partial charge on any atom is -0.451 e. The van der Waals surface area contributed by atoms with Crippen molar-refractivity contribution in [1.82, 2.24) is 10.2 Å². The zero-order chi connectivity index (χ0) is 18.7. The van der Waals surface area contributed by atoms with Crippen LogP contribution in [0.25, 0.3) is 0 Å². The molecule has 138 valence electrons. The van der Waals surface area contributed by atoms with Gasteiger partial charge in [-0.25, -0.2) is 0 Å². The fourth-order valence-corrected chi connectivity index (χ4v) is 3.37. The van der Waals surface area contributed by atoms with Crippen molar-refractivity contribution in [3.05, 3.63) is 35.4 Å². The van der Waals surface area contributed by atoms with Crippen LogP contribution in [0.5, 0.6) is 0 Å². The number of nitrogens with zero attached hydrogens (tertiary/aromatic N) is 1. The number of hydrogen-bond acceptors (Lipinski definition) is 5. The topological polar surface area (TPSA) is 92.8 Å². The second-order valence-corrected chi connectivity index (χ2v) is 6.74. The third kappa shape index (κ3) is 3.92. The zero-order valence-corrected chi connectivity index (χ0v) is 14.7. The molecule has 7 nitrogen and oxygen atoms in total. The maximum Gasteiger partial charge on any atom is 0.326 e. The number of amides is 3. The van der Waals surface area contributed by atoms with Crippen LogP contribution in [0.2, 0.25) is 0 Å². The number of imide groups is 1. The van der Waals surface area contributed by atoms with E-state index in [0.29, 0.717) is 11.1 Å². The molecule has 1 atom stereocenters. The minimum atomic E-state index is -0.967. The first-order valence-electron chi connectivity index (χ1n) is 8.88. The van der Waals surface area contributed by atoms with Crippen LogP contribution in [-0.2, 0) is 25.5 Å². The van der Waals surface area contributed by atoms with E-state index in [-0.39, 0.29) is 18.4 Å². The first-order chi connectivity index (χ1) is 12.5. The van der Waals surface area contributed by atoms with Crippen molar-refractivity contribution in [2.75, 3.05) is 6.54 Å². The fraction of sp³-hybridized carbons (Fsp3) is 0.474. The number of ether oxygens (including phenoxy) is 1. The highest BCUT2D eigenvalue weighted by molar-refractivity contribution is 6.11. The van der Waals surface area contributed by atoms with Crippen molar-refractivity contribution in [3.63, 3.8) is 0 Å². The molecule has 1 fully saturated rings. The molecule has 1 aromatic carbocycles. The first kappa shape index (κ1) is 18.1. The van der Waals surface area contributed by atoms with Crippen LogP contribution in [0.15, 0.2) is 24.3 Å². The van der Waals surface area contributed by atoms with E-state index in [1.165, 1.54) is 6.92 Å². The van der Waals surface area contributed by atoms with Crippen molar-refractivity contribution in [1.29, 1.82) is 0 Å². The van der Waals surface area contributed by atoms with E-state index in [2.05, 4.69) is 5.32 Å². The average molecular weight is 358 g/mol. The average Bonchev–Trinajstić information content (AvgIpc) is 3.11. The number of nitrogens with one attached hydrogen (secondary N) is 1. The minimum absolute atomic E-state index is 0.0624. The molecule has 1 aliphatic heterocycles. The standard InChI is InChI=1S/C19H22N2O5/c1-12(18(24)20-14-7-3-4-8-14)26-17(23)11-21-16(22)10-13-6-2-5-9-15(13)19(21)25/h2,5-6,9,12,14H,3-4,7-8,10-11H2,1H3,(H,20,24)/t12-/m0/s1. The number of carbonyl (C=O) groups is 4. The summed E-state index contributed by atoms with van der Waals surface area (Å²) in [6.07, 6.45) is 3.13. The van der Waals surface area contributed by atoms with Gasteiger partial charge in [-0.05, 0) is 31.4 Å². The lowest BCUT2D eigenvalue weighted by Gasteiger charge is -2.26. The molecule has 0 unspecified atom stereocenters. The zero-order valence-electron chi connectivity index (χ0n) is 14.7. The number of rotatable bonds is 5. The highest BCUT2D eigenvalue weighted by Gasteiger charge is 2.33. The maximum atomic E-state index is 12.4. The molecule has 0 saturated heterocycles. The van der Waals surface area contributed by atoms with E-state index in [0.717, 1.165) is 30.6 Å². The van der Waals surface area contributed by atoms with Gasteiger partial charge in [0.15, 0.2) is 6.10 Å². The second-order valence-electron chi connectivity index (χ2n) is 6.74. The van der Waals surface area contributed by atoms with Gasteiger partial charge in [0.1, 0.15) is 6.54 Å². The molecule has 3 amide bonds. The predicted molar refractivity (Wildman–Crippen MR) is 92.1 cm³/mol. The Bertz CT molecular complexity index is 739. The molecular weight excluding hydrogens is 336 g/mol. The monoisotopic (exact) mass is 358 g/mol. The van der Waals surface area contributed by atoms with Crippen LogP contribution >= 0.6 is 0 Å². The molecule has 1 N–H and O–H groups in total. The largest absolute Gasteiger partial charge is 0.451 e. The van der Waals surface area contributed by atoms with Gasteiger partial charge in [0.2, 0.25) is 5.91 Å². The van der Waals surface area contributed by atoms with Crippen LogP contribution in [0, 0.1) is 0 Å². The van der Waals surface area contributed by atoms with Gasteiger partial charge >= 0.3 is 5.97 Å². The summed E-state index contributed by atoms with van der Waals surface area (Å²) in [7, 11) is 0. The van der Waals surface area contributed by atoms with E-state index in [9.17, 15) is 19.2 Å². The molecule has 0 aromatic heterocycles. The van der Waals surface area contributed by atoms with Gasteiger partial charge in [-0.15, -0.1) is 0 Å². The number of fused-ring (bicyclic) bond motifs is 1. The smallest absolute Gasteiger partial charge is 0.326 e. The van der Waals surface area contributed by atoms with Gasteiger partial charge in [0, 0.05) is 11.6 Å². The van der Waals surface area contributed by atoms with Gasteiger partial charge in [0.05, 0.1) is 6.42 Å². The van der Waals surface area contributed by atoms with Crippen molar-refractivity contribution < 1.29 is 23.9 Å². The molecule has 1 aliphatic carbocycles. The number of esters is 1. The third-order valence-electron chi connectivity index (χ3n) is 4.80. The van der Waals surface area contributed by atoms with Crippen molar-refractivity contribution >= 4 is 23.7 Å². The van der Waals surface area contributed by atoms with Gasteiger partial charge in [-0.2, -0.15) is 0 Å². The molecule has 2 aliphatic rings. The van der Waals surface area contributed by atoms with Crippen LogP contribution in [0.1, 0.15) is 48.5 Å². The Kier molecular flexibility index (Phi) is 5.35. The van der Waals surface area contributed by atoms with E-state index in [4.69, 9.17) is 4.74 Å². The summed E-state index contributed by atoms with van der Waals surface area (Å²) in [5.74, 6) is -2.10. The molecule has 7 heteroatoms. The normalized spacial score (nSPS) is 18.4. The molecule has 26 heavy (non-hydrogen) atoms. The van der Waals surface area contributed by atoms with Crippen LogP contribution in [0.3, 0.4) is 0 Å². The lowest BCUT2D eigenvalue weighted by atomic mass is 9.98. The summed E-state index contributed by atoms with van der Waals surface area (Å²) >= 11 is 0. The number of carbonyl (C=O) groups excluding carboxylic acids is 4. The molecule has 0 radical (unpaired) electrons. The molecule has 0 spiro atoms. The number of hydrogen-bond donors (Lipinski definition) is 1. The van der Waals surface area contributed by atoms with E-state index in [1.807, 2.05) is 0 Å². The predicted octanol–water partition coefficient (Wildman–Crippen LogP) is 1.20. The van der Waals surface area contributed by atoms with Crippen LogP contribution in [0.4, 0.5) is 0 Å². The molecular formula is C19H22N2O5. The summed E-state index contributed by atoms with van der Waals surface area (Å²) in [6, 6.07) is 6.94. The Labute approximate surface area is 151 Å². The summed E-state index contributed by atoms with van der Waals surface area (Å²) in [4.78, 5) is 49.7. The van der Waals surface area contributed by atoms with Gasteiger partial charge in [0.25, 0.3) is 11.8 Å². The van der Waals surface area contributed by atoms with Gasteiger partial charge in [-0.3, -0.25) is 24.1 Å². The summed E-state index contributed by atoms with van der Waals surface area (Å²) < 4.78 is 5.11. The molecule has 3 rings (SSSR count).